The van der Waals surface area contributed by atoms with E-state index in [9.17, 15) is 9.70 Å². The van der Waals surface area contributed by atoms with Crippen molar-refractivity contribution in [2.75, 3.05) is 26.3 Å². The van der Waals surface area contributed by atoms with Crippen molar-refractivity contribution in [2.45, 2.75) is 111 Å². The average Bonchev–Trinajstić information content (AvgIpc) is 3.22. The van der Waals surface area contributed by atoms with E-state index in [0.29, 0.717) is 23.8 Å². The third kappa shape index (κ3) is 5.71. The first kappa shape index (κ1) is 28.0. The lowest BCUT2D eigenvalue weighted by Crippen LogP contribution is -2.55. The monoisotopic (exact) mass is 502 g/mol. The number of hydrogen-bond acceptors (Lipinski definition) is 4. The van der Waals surface area contributed by atoms with Crippen molar-refractivity contribution in [3.05, 3.63) is 4.91 Å². The molecular formula is C31H54N2O3. The first-order chi connectivity index (χ1) is 17.5. The fourth-order valence-electron chi connectivity index (χ4n) is 10.2. The maximum atomic E-state index is 10.6. The molecule has 0 aromatic carbocycles. The predicted molar refractivity (Wildman–Crippen MR) is 147 cm³/mol. The molecule has 36 heavy (non-hydrogen) atoms. The van der Waals surface area contributed by atoms with E-state index in [4.69, 9.17) is 4.74 Å². The van der Waals surface area contributed by atoms with E-state index >= 15 is 0 Å². The molecule has 0 bridgehead atoms. The number of nitrogens with one attached hydrogen (secondary N) is 1. The average molecular weight is 503 g/mol. The molecule has 206 valence electrons. The highest BCUT2D eigenvalue weighted by Gasteiger charge is 2.60. The molecule has 4 saturated carbocycles. The molecule has 0 heterocycles. The van der Waals surface area contributed by atoms with Crippen LogP contribution in [0.4, 0.5) is 0 Å². The van der Waals surface area contributed by atoms with E-state index < -0.39 is 0 Å². The number of amides is 1. The fourth-order valence-corrected chi connectivity index (χ4v) is 10.2. The van der Waals surface area contributed by atoms with E-state index in [1.54, 1.807) is 0 Å². The van der Waals surface area contributed by atoms with Gasteiger partial charge in [0.1, 0.15) is 0 Å². The molecule has 5 nitrogen and oxygen atoms in total. The van der Waals surface area contributed by atoms with Crippen LogP contribution in [-0.2, 0) is 9.53 Å². The van der Waals surface area contributed by atoms with Crippen molar-refractivity contribution in [1.82, 2.24) is 5.32 Å². The minimum atomic E-state index is 0.125. The van der Waals surface area contributed by atoms with Gasteiger partial charge in [0.2, 0.25) is 6.41 Å². The molecule has 0 saturated heterocycles. The first-order valence-electron chi connectivity index (χ1n) is 15.5. The van der Waals surface area contributed by atoms with Crippen molar-refractivity contribution in [3.63, 3.8) is 0 Å². The van der Waals surface area contributed by atoms with Crippen LogP contribution in [-0.4, -0.2) is 32.7 Å². The molecular weight excluding hydrogens is 448 g/mol. The molecule has 9 atom stereocenters. The molecule has 1 N–H and O–H groups in total. The number of ether oxygens (including phenoxy) is 1. The normalized spacial score (nSPS) is 40.5. The molecule has 1 amide bonds. The predicted octanol–water partition coefficient (Wildman–Crippen LogP) is 7.38. The summed E-state index contributed by atoms with van der Waals surface area (Å²) >= 11 is 0. The Morgan fingerprint density at radius 2 is 1.81 bits per heavy atom. The molecule has 4 fully saturated rings. The Bertz CT molecular complexity index is 716. The van der Waals surface area contributed by atoms with E-state index in [0.717, 1.165) is 61.6 Å². The van der Waals surface area contributed by atoms with Crippen molar-refractivity contribution in [2.24, 2.45) is 57.4 Å². The van der Waals surface area contributed by atoms with Gasteiger partial charge in [-0.15, -0.1) is 0 Å². The molecule has 0 aromatic heterocycles. The number of hydrogen-bond donors (Lipinski definition) is 1. The summed E-state index contributed by atoms with van der Waals surface area (Å²) in [6, 6.07) is 0. The molecule has 4 rings (SSSR count). The van der Waals surface area contributed by atoms with Crippen LogP contribution >= 0.6 is 0 Å². The maximum Gasteiger partial charge on any atom is 0.207 e. The highest BCUT2D eigenvalue weighted by atomic mass is 16.5. The lowest BCUT2D eigenvalue weighted by atomic mass is 9.42. The molecule has 4 aliphatic carbocycles. The zero-order valence-corrected chi connectivity index (χ0v) is 23.5. The van der Waals surface area contributed by atoms with Crippen molar-refractivity contribution >= 4 is 6.41 Å². The van der Waals surface area contributed by atoms with Gasteiger partial charge in [0.15, 0.2) is 0 Å². The summed E-state index contributed by atoms with van der Waals surface area (Å²) < 4.78 is 5.98. The van der Waals surface area contributed by atoms with Gasteiger partial charge in [0.25, 0.3) is 0 Å². The third-order valence-electron chi connectivity index (χ3n) is 12.0. The molecule has 4 aliphatic rings. The van der Waals surface area contributed by atoms with Gasteiger partial charge in [-0.1, -0.05) is 45.2 Å². The quantitative estimate of drug-likeness (QED) is 0.153. The summed E-state index contributed by atoms with van der Waals surface area (Å²) in [6.07, 6.45) is 19.7. The topological polar surface area (TPSA) is 67.8 Å². The van der Waals surface area contributed by atoms with Gasteiger partial charge in [-0.05, 0) is 123 Å². The zero-order valence-electron chi connectivity index (χ0n) is 23.5. The summed E-state index contributed by atoms with van der Waals surface area (Å²) in [4.78, 5) is 21.1. The number of rotatable bonds is 14. The Balaban J connectivity index is 1.23. The fraction of sp³-hybridized carbons (Fsp3) is 0.968. The Morgan fingerprint density at radius 3 is 2.58 bits per heavy atom. The molecule has 7 unspecified atom stereocenters. The molecule has 0 spiro atoms. The highest BCUT2D eigenvalue weighted by molar-refractivity contribution is 5.45. The van der Waals surface area contributed by atoms with Gasteiger partial charge in [-0.2, -0.15) is 4.91 Å². The van der Waals surface area contributed by atoms with Crippen LogP contribution < -0.4 is 5.32 Å². The van der Waals surface area contributed by atoms with Crippen LogP contribution in [0.3, 0.4) is 0 Å². The highest BCUT2D eigenvalue weighted by Crippen LogP contribution is 2.69. The molecule has 0 aromatic rings. The summed E-state index contributed by atoms with van der Waals surface area (Å²) in [7, 11) is 0. The van der Waals surface area contributed by atoms with Gasteiger partial charge in [-0.25, -0.2) is 0 Å². The Hall–Kier alpha value is -0.970. The van der Waals surface area contributed by atoms with Gasteiger partial charge >= 0.3 is 0 Å². The number of carbonyl (C=O) groups is 1. The van der Waals surface area contributed by atoms with Gasteiger partial charge < -0.3 is 10.1 Å². The van der Waals surface area contributed by atoms with Crippen molar-refractivity contribution in [1.29, 1.82) is 0 Å². The van der Waals surface area contributed by atoms with Crippen LogP contribution in [0.25, 0.3) is 0 Å². The summed E-state index contributed by atoms with van der Waals surface area (Å²) in [5.74, 6) is 5.91. The summed E-state index contributed by atoms with van der Waals surface area (Å²) in [6.45, 7) is 10.3. The van der Waals surface area contributed by atoms with Crippen LogP contribution in [0, 0.1) is 57.2 Å². The van der Waals surface area contributed by atoms with Crippen LogP contribution in [0.15, 0.2) is 5.18 Å². The second-order valence-electron chi connectivity index (χ2n) is 13.6. The zero-order chi connectivity index (χ0) is 25.6. The van der Waals surface area contributed by atoms with Gasteiger partial charge in [-0.3, -0.25) is 4.79 Å². The number of fused-ring (bicyclic) bond motifs is 5. The van der Waals surface area contributed by atoms with Gasteiger partial charge in [0.05, 0.1) is 6.54 Å². The Morgan fingerprint density at radius 1 is 1.00 bits per heavy atom. The minimum Gasteiger partial charge on any atom is -0.381 e. The smallest absolute Gasteiger partial charge is 0.207 e. The van der Waals surface area contributed by atoms with Crippen molar-refractivity contribution in [3.8, 4) is 0 Å². The third-order valence-corrected chi connectivity index (χ3v) is 12.0. The second kappa shape index (κ2) is 12.7. The minimum absolute atomic E-state index is 0.125. The summed E-state index contributed by atoms with van der Waals surface area (Å²) in [5.41, 5.74) is 1.18. The SMILES string of the molecule is CC[C@H]1CC2C3CCC(CCCOCCCC(CN=O)CNC=O)C3(C)CC[C@@H]2C2(C)CCCCC12. The van der Waals surface area contributed by atoms with Crippen LogP contribution in [0.5, 0.6) is 0 Å². The van der Waals surface area contributed by atoms with Gasteiger partial charge in [0, 0.05) is 19.8 Å². The number of carbonyl (C=O) groups excluding carboxylic acids is 1. The second-order valence-corrected chi connectivity index (χ2v) is 13.6. The number of nitroso groups, excluding NO2 is 1. The number of nitrogens with zero attached hydrogens (tertiary/aromatic N) is 1. The Labute approximate surface area is 220 Å². The standard InChI is InChI=1S/C31H54N2O3/c1-4-24-19-26-28-13-12-25(10-8-18-36-17-7-9-23(21-33-35)20-32-22-34)30(28,2)16-14-29(26)31(3)15-6-5-11-27(24)31/h22-29H,4-21H2,1-3H3,(H,32,34)/t23?,24-,25?,26?,27?,28?,29-,30?,31?/m0/s1. The van der Waals surface area contributed by atoms with E-state index in [2.05, 4.69) is 31.3 Å². The largest absolute Gasteiger partial charge is 0.381 e. The van der Waals surface area contributed by atoms with E-state index in [1.807, 2.05) is 0 Å². The molecule has 0 radical (unpaired) electrons. The van der Waals surface area contributed by atoms with Crippen LogP contribution in [0.2, 0.25) is 0 Å². The summed E-state index contributed by atoms with van der Waals surface area (Å²) in [5, 5.41) is 5.68. The van der Waals surface area contributed by atoms with Crippen LogP contribution in [0.1, 0.15) is 111 Å². The maximum absolute atomic E-state index is 10.6. The Kier molecular flexibility index (Phi) is 9.91. The van der Waals surface area contributed by atoms with Crippen molar-refractivity contribution < 1.29 is 9.53 Å². The van der Waals surface area contributed by atoms with E-state index in [-0.39, 0.29) is 12.5 Å². The molecule has 5 heteroatoms. The lowest BCUT2D eigenvalue weighted by molar-refractivity contribution is -0.136. The lowest BCUT2D eigenvalue weighted by Gasteiger charge is -2.62. The first-order valence-corrected chi connectivity index (χ1v) is 15.5. The van der Waals surface area contributed by atoms with E-state index in [1.165, 1.54) is 77.0 Å². The molecule has 0 aliphatic heterocycles.